The molecule has 0 aliphatic carbocycles. The molecule has 19 heavy (non-hydrogen) atoms. The Morgan fingerprint density at radius 2 is 2.05 bits per heavy atom. The summed E-state index contributed by atoms with van der Waals surface area (Å²) in [6.45, 7) is 3.23. The van der Waals surface area contributed by atoms with Crippen molar-refractivity contribution in [3.05, 3.63) is 35.4 Å². The minimum atomic E-state index is -0.0280. The van der Waals surface area contributed by atoms with Crippen LogP contribution in [0.4, 0.5) is 0 Å². The molecule has 0 aromatic heterocycles. The molecule has 1 aliphatic rings. The maximum atomic E-state index is 11.5. The Hall–Kier alpha value is -1.39. The lowest BCUT2D eigenvalue weighted by Gasteiger charge is -2.32. The summed E-state index contributed by atoms with van der Waals surface area (Å²) in [6.07, 6.45) is 2.52. The molecule has 1 aromatic carbocycles. The average molecular weight is 261 g/mol. The second-order valence-corrected chi connectivity index (χ2v) is 5.14. The third-order valence-electron chi connectivity index (χ3n) is 3.76. The highest BCUT2D eigenvalue weighted by Gasteiger charge is 2.18. The predicted molar refractivity (Wildman–Crippen MR) is 77.2 cm³/mol. The summed E-state index contributed by atoms with van der Waals surface area (Å²) in [5, 5.41) is 5.99. The van der Waals surface area contributed by atoms with E-state index in [4.69, 9.17) is 0 Å². The molecule has 0 saturated carbocycles. The lowest BCUT2D eigenvalue weighted by atomic mass is 10.0. The zero-order valence-electron chi connectivity index (χ0n) is 11.8. The van der Waals surface area contributed by atoms with Crippen LogP contribution in [-0.4, -0.2) is 44.0 Å². The molecule has 1 atom stereocenters. The molecular weight excluding hydrogens is 238 g/mol. The number of benzene rings is 1. The number of hydrogen-bond donors (Lipinski definition) is 2. The number of nitrogens with zero attached hydrogens (tertiary/aromatic N) is 1. The van der Waals surface area contributed by atoms with Crippen molar-refractivity contribution in [2.75, 3.05) is 27.2 Å². The number of rotatable bonds is 4. The number of carbonyl (C=O) groups excluding carboxylic acids is 1. The number of nitrogens with one attached hydrogen (secondary N) is 2. The minimum absolute atomic E-state index is 0.0280. The van der Waals surface area contributed by atoms with Crippen molar-refractivity contribution in [1.29, 1.82) is 0 Å². The van der Waals surface area contributed by atoms with Crippen molar-refractivity contribution in [2.24, 2.45) is 0 Å². The van der Waals surface area contributed by atoms with E-state index in [1.807, 2.05) is 31.3 Å². The summed E-state index contributed by atoms with van der Waals surface area (Å²) in [7, 11) is 3.69. The Morgan fingerprint density at radius 3 is 2.68 bits per heavy atom. The molecule has 1 amide bonds. The highest BCUT2D eigenvalue weighted by molar-refractivity contribution is 5.93. The van der Waals surface area contributed by atoms with Gasteiger partial charge in [0.05, 0.1) is 0 Å². The topological polar surface area (TPSA) is 44.4 Å². The lowest BCUT2D eigenvalue weighted by molar-refractivity contribution is 0.0963. The Morgan fingerprint density at radius 1 is 1.32 bits per heavy atom. The number of likely N-dealkylation sites (tertiary alicyclic amines) is 1. The molecule has 1 fully saturated rings. The summed E-state index contributed by atoms with van der Waals surface area (Å²) < 4.78 is 0. The maximum Gasteiger partial charge on any atom is 0.251 e. The van der Waals surface area contributed by atoms with Gasteiger partial charge in [0.25, 0.3) is 5.91 Å². The van der Waals surface area contributed by atoms with Crippen LogP contribution in [0.3, 0.4) is 0 Å². The quantitative estimate of drug-likeness (QED) is 0.857. The van der Waals surface area contributed by atoms with Gasteiger partial charge in [-0.3, -0.25) is 9.69 Å². The summed E-state index contributed by atoms with van der Waals surface area (Å²) >= 11 is 0. The summed E-state index contributed by atoms with van der Waals surface area (Å²) in [6, 6.07) is 8.50. The fourth-order valence-corrected chi connectivity index (χ4v) is 2.60. The van der Waals surface area contributed by atoms with Gasteiger partial charge in [-0.1, -0.05) is 12.1 Å². The fraction of sp³-hybridized carbons (Fsp3) is 0.533. The molecule has 4 heteroatoms. The van der Waals surface area contributed by atoms with E-state index in [0.717, 1.165) is 25.2 Å². The van der Waals surface area contributed by atoms with Crippen molar-refractivity contribution in [3.63, 3.8) is 0 Å². The first-order valence-corrected chi connectivity index (χ1v) is 6.93. The van der Waals surface area contributed by atoms with E-state index in [9.17, 15) is 4.79 Å². The molecule has 1 unspecified atom stereocenters. The van der Waals surface area contributed by atoms with Gasteiger partial charge < -0.3 is 10.6 Å². The molecule has 0 spiro atoms. The van der Waals surface area contributed by atoms with Crippen molar-refractivity contribution in [2.45, 2.75) is 25.4 Å². The summed E-state index contributed by atoms with van der Waals surface area (Å²) in [5.74, 6) is -0.0280. The van der Waals surface area contributed by atoms with Crippen LogP contribution >= 0.6 is 0 Å². The highest BCUT2D eigenvalue weighted by Crippen LogP contribution is 2.14. The van der Waals surface area contributed by atoms with E-state index in [1.54, 1.807) is 7.05 Å². The smallest absolute Gasteiger partial charge is 0.251 e. The first-order valence-electron chi connectivity index (χ1n) is 6.93. The standard InChI is InChI=1S/C15H23N3O/c1-16-14-4-3-9-18(11-14)10-12-5-7-13(8-6-12)15(19)17-2/h5-8,14,16H,3-4,9-11H2,1-2H3,(H,17,19). The lowest BCUT2D eigenvalue weighted by Crippen LogP contribution is -2.43. The van der Waals surface area contributed by atoms with E-state index < -0.39 is 0 Å². The summed E-state index contributed by atoms with van der Waals surface area (Å²) in [5.41, 5.74) is 1.99. The second kappa shape index (κ2) is 6.68. The predicted octanol–water partition coefficient (Wildman–Crippen LogP) is 1.23. The van der Waals surface area contributed by atoms with Crippen LogP contribution in [-0.2, 0) is 6.54 Å². The molecular formula is C15H23N3O. The van der Waals surface area contributed by atoms with Crippen LogP contribution in [0.5, 0.6) is 0 Å². The second-order valence-electron chi connectivity index (χ2n) is 5.14. The molecule has 1 aromatic rings. The van der Waals surface area contributed by atoms with Gasteiger partial charge in [0.15, 0.2) is 0 Å². The Labute approximate surface area is 115 Å². The maximum absolute atomic E-state index is 11.5. The van der Waals surface area contributed by atoms with E-state index in [2.05, 4.69) is 15.5 Å². The van der Waals surface area contributed by atoms with Crippen molar-refractivity contribution in [3.8, 4) is 0 Å². The van der Waals surface area contributed by atoms with Gasteiger partial charge >= 0.3 is 0 Å². The molecule has 2 N–H and O–H groups in total. The van der Waals surface area contributed by atoms with E-state index in [1.165, 1.54) is 18.4 Å². The summed E-state index contributed by atoms with van der Waals surface area (Å²) in [4.78, 5) is 13.9. The molecule has 1 saturated heterocycles. The molecule has 0 radical (unpaired) electrons. The van der Waals surface area contributed by atoms with Gasteiger partial charge in [0, 0.05) is 31.7 Å². The normalized spacial score (nSPS) is 20.2. The third kappa shape index (κ3) is 3.78. The van der Waals surface area contributed by atoms with Crippen molar-refractivity contribution >= 4 is 5.91 Å². The van der Waals surface area contributed by atoms with Gasteiger partial charge in [0.1, 0.15) is 0 Å². The van der Waals surface area contributed by atoms with Crippen molar-refractivity contribution in [1.82, 2.24) is 15.5 Å². The number of likely N-dealkylation sites (N-methyl/N-ethyl adjacent to an activating group) is 1. The molecule has 1 aliphatic heterocycles. The molecule has 2 rings (SSSR count). The number of piperidine rings is 1. The van der Waals surface area contributed by atoms with E-state index in [-0.39, 0.29) is 5.91 Å². The van der Waals surface area contributed by atoms with Crippen LogP contribution in [0.1, 0.15) is 28.8 Å². The van der Waals surface area contributed by atoms with Crippen LogP contribution in [0.25, 0.3) is 0 Å². The van der Waals surface area contributed by atoms with Gasteiger partial charge in [-0.2, -0.15) is 0 Å². The van der Waals surface area contributed by atoms with Crippen LogP contribution in [0, 0.1) is 0 Å². The Kier molecular flexibility index (Phi) is 4.93. The van der Waals surface area contributed by atoms with Crippen LogP contribution in [0.15, 0.2) is 24.3 Å². The SMILES string of the molecule is CNC(=O)c1ccc(CN2CCCC(NC)C2)cc1. The van der Waals surface area contributed by atoms with Crippen LogP contribution < -0.4 is 10.6 Å². The van der Waals surface area contributed by atoms with Gasteiger partial charge in [0.2, 0.25) is 0 Å². The third-order valence-corrected chi connectivity index (χ3v) is 3.76. The first kappa shape index (κ1) is 14.0. The zero-order valence-corrected chi connectivity index (χ0v) is 11.8. The number of hydrogen-bond acceptors (Lipinski definition) is 3. The zero-order chi connectivity index (χ0) is 13.7. The van der Waals surface area contributed by atoms with Gasteiger partial charge in [-0.25, -0.2) is 0 Å². The minimum Gasteiger partial charge on any atom is -0.355 e. The number of amides is 1. The first-order chi connectivity index (χ1) is 9.22. The molecule has 0 bridgehead atoms. The molecule has 4 nitrogen and oxygen atoms in total. The fourth-order valence-electron chi connectivity index (χ4n) is 2.60. The largest absolute Gasteiger partial charge is 0.355 e. The molecule has 104 valence electrons. The molecule has 1 heterocycles. The van der Waals surface area contributed by atoms with Gasteiger partial charge in [-0.05, 0) is 44.1 Å². The van der Waals surface area contributed by atoms with Crippen molar-refractivity contribution < 1.29 is 4.79 Å². The van der Waals surface area contributed by atoms with Gasteiger partial charge in [-0.15, -0.1) is 0 Å². The Balaban J connectivity index is 1.94. The average Bonchev–Trinajstić information content (AvgIpc) is 2.47. The van der Waals surface area contributed by atoms with E-state index in [0.29, 0.717) is 6.04 Å². The number of carbonyl (C=O) groups is 1. The monoisotopic (exact) mass is 261 g/mol. The van der Waals surface area contributed by atoms with E-state index >= 15 is 0 Å². The highest BCUT2D eigenvalue weighted by atomic mass is 16.1. The van der Waals surface area contributed by atoms with Crippen LogP contribution in [0.2, 0.25) is 0 Å². The Bertz CT molecular complexity index is 416.